The maximum atomic E-state index is 9.64. The minimum atomic E-state index is -0.904. The van der Waals surface area contributed by atoms with Gasteiger partial charge in [-0.25, -0.2) is 0 Å². The molecule has 8 rings (SSSR count). The van der Waals surface area contributed by atoms with Crippen LogP contribution in [-0.2, 0) is 0 Å². The van der Waals surface area contributed by atoms with E-state index < -0.39 is 209 Å². The van der Waals surface area contributed by atoms with Crippen LogP contribution in [0.1, 0.15) is 30.2 Å². The highest BCUT2D eigenvalue weighted by atomic mass is 14.2. The van der Waals surface area contributed by atoms with Crippen molar-refractivity contribution in [2.45, 2.75) is 0 Å². The van der Waals surface area contributed by atoms with Gasteiger partial charge in [-0.2, -0.15) is 0 Å². The first-order chi connectivity index (χ1) is 27.0. The lowest BCUT2D eigenvalue weighted by Gasteiger charge is -2.15. The van der Waals surface area contributed by atoms with Crippen LogP contribution in [0.3, 0.4) is 0 Å². The van der Waals surface area contributed by atoms with Crippen LogP contribution in [0.25, 0.3) is 75.8 Å². The second-order valence-corrected chi connectivity index (χ2v) is 8.00. The van der Waals surface area contributed by atoms with Gasteiger partial charge in [0.05, 0.1) is 30.2 Å². The zero-order valence-corrected chi connectivity index (χ0v) is 18.0. The van der Waals surface area contributed by atoms with Gasteiger partial charge in [0, 0.05) is 0 Å². The first kappa shape index (κ1) is 7.91. The number of rotatable bonds is 1. The minimum absolute atomic E-state index is 0.429. The van der Waals surface area contributed by atoms with Crippen LogP contribution in [0.4, 0.5) is 0 Å². The second-order valence-electron chi connectivity index (χ2n) is 8.00. The van der Waals surface area contributed by atoms with Crippen molar-refractivity contribution in [1.29, 1.82) is 0 Å². The van der Waals surface area contributed by atoms with Crippen LogP contribution >= 0.6 is 0 Å². The van der Waals surface area contributed by atoms with E-state index in [9.17, 15) is 9.60 Å². The van der Waals surface area contributed by atoms with E-state index in [4.69, 9.17) is 20.6 Å². The van der Waals surface area contributed by atoms with Crippen molar-refractivity contribution in [3.8, 4) is 11.1 Å². The summed E-state index contributed by atoms with van der Waals surface area (Å²) in [7, 11) is 0. The monoisotopic (exact) mass is 476 g/mol. The standard InChI is InChI=1S/C36H22/c1-4-10-30-23(7-1)13-15-27-19-25-14-16-28(20-29(25)22-34(27)30)36-32-12-6-3-9-26(32)21-35-31-11-5-2-8-24(31)17-18-33(35)36/h1-22H/i1D,2D,3D,4D,5D,6D,7D,8D,9D,10D,11D,12D,13D,14D,15D,16D,17D,18D,19D,20D,21D,22D. The zero-order chi connectivity index (χ0) is 42.8. The summed E-state index contributed by atoms with van der Waals surface area (Å²) < 4.78 is 195. The van der Waals surface area contributed by atoms with E-state index in [1.807, 2.05) is 0 Å². The third kappa shape index (κ3) is 2.82. The summed E-state index contributed by atoms with van der Waals surface area (Å²) in [5.41, 5.74) is -1.26. The van der Waals surface area contributed by atoms with E-state index in [1.165, 1.54) is 0 Å². The van der Waals surface area contributed by atoms with E-state index in [0.29, 0.717) is 0 Å². The van der Waals surface area contributed by atoms with Gasteiger partial charge in [-0.3, -0.25) is 0 Å². The van der Waals surface area contributed by atoms with Crippen molar-refractivity contribution >= 4 is 64.6 Å². The Morgan fingerprint density at radius 2 is 0.861 bits per heavy atom. The Labute approximate surface area is 239 Å². The van der Waals surface area contributed by atoms with Crippen LogP contribution in [0.5, 0.6) is 0 Å². The minimum Gasteiger partial charge on any atom is -0.0616 e. The molecule has 0 radical (unpaired) electrons. The van der Waals surface area contributed by atoms with E-state index in [2.05, 4.69) is 0 Å². The predicted octanol–water partition coefficient (Wildman–Crippen LogP) is 10.3. The lowest BCUT2D eigenvalue weighted by Crippen LogP contribution is -1.88. The molecule has 0 fully saturated rings. The fourth-order valence-corrected chi connectivity index (χ4v) is 4.41. The smallest absolute Gasteiger partial charge is 0.0616 e. The summed E-state index contributed by atoms with van der Waals surface area (Å²) in [6.45, 7) is 0. The Bertz CT molecular complexity index is 3350. The van der Waals surface area contributed by atoms with Gasteiger partial charge in [0.15, 0.2) is 0 Å². The van der Waals surface area contributed by atoms with Gasteiger partial charge >= 0.3 is 0 Å². The summed E-state index contributed by atoms with van der Waals surface area (Å²) in [6, 6.07) is -17.2. The fourth-order valence-electron chi connectivity index (χ4n) is 4.41. The van der Waals surface area contributed by atoms with Gasteiger partial charge in [-0.15, -0.1) is 0 Å². The first-order valence-electron chi connectivity index (χ1n) is 21.8. The molecule has 0 N–H and O–H groups in total. The Morgan fingerprint density at radius 1 is 0.306 bits per heavy atom. The quantitative estimate of drug-likeness (QED) is 0.163. The molecular formula is C36H22. The van der Waals surface area contributed by atoms with Crippen LogP contribution < -0.4 is 0 Å². The molecule has 8 aromatic carbocycles. The third-order valence-corrected chi connectivity index (χ3v) is 6.00. The molecule has 0 bridgehead atoms. The van der Waals surface area contributed by atoms with E-state index in [0.717, 1.165) is 0 Å². The van der Waals surface area contributed by atoms with Crippen molar-refractivity contribution in [3.63, 3.8) is 0 Å². The number of benzene rings is 8. The largest absolute Gasteiger partial charge is 0.0636 e. The van der Waals surface area contributed by atoms with Gasteiger partial charge in [-0.1, -0.05) is 109 Å². The van der Waals surface area contributed by atoms with Crippen LogP contribution in [-0.4, -0.2) is 0 Å². The summed E-state index contributed by atoms with van der Waals surface area (Å²) in [5.74, 6) is 0. The maximum Gasteiger partial charge on any atom is 0.0636 e. The van der Waals surface area contributed by atoms with E-state index in [1.54, 1.807) is 0 Å². The molecule has 0 heteroatoms. The first-order valence-corrected chi connectivity index (χ1v) is 10.8. The number of hydrogen-bond acceptors (Lipinski definition) is 0. The van der Waals surface area contributed by atoms with Crippen LogP contribution in [0, 0.1) is 0 Å². The highest BCUT2D eigenvalue weighted by Gasteiger charge is 2.13. The van der Waals surface area contributed by atoms with Crippen molar-refractivity contribution in [1.82, 2.24) is 0 Å². The molecule has 36 heavy (non-hydrogen) atoms. The van der Waals surface area contributed by atoms with Gasteiger partial charge in [-0.05, 0) is 99.9 Å². The third-order valence-electron chi connectivity index (χ3n) is 6.00. The van der Waals surface area contributed by atoms with Gasteiger partial charge in [0.2, 0.25) is 0 Å². The highest BCUT2D eigenvalue weighted by Crippen LogP contribution is 2.40. The lowest BCUT2D eigenvalue weighted by atomic mass is 9.88. The summed E-state index contributed by atoms with van der Waals surface area (Å²) in [6.07, 6.45) is 0. The van der Waals surface area contributed by atoms with E-state index in [-0.39, 0.29) is 0 Å². The Hall–Kier alpha value is -4.68. The molecule has 8 aromatic rings. The molecular weight excluding hydrogens is 432 g/mol. The highest BCUT2D eigenvalue weighted by molar-refractivity contribution is 6.21. The van der Waals surface area contributed by atoms with Crippen molar-refractivity contribution < 1.29 is 30.2 Å². The van der Waals surface area contributed by atoms with Gasteiger partial charge < -0.3 is 0 Å². The molecule has 0 saturated heterocycles. The molecule has 0 atom stereocenters. The molecule has 0 unspecified atom stereocenters. The molecule has 0 amide bonds. The number of fused-ring (bicyclic) bond motifs is 8. The van der Waals surface area contributed by atoms with Crippen LogP contribution in [0.2, 0.25) is 0 Å². The topological polar surface area (TPSA) is 0 Å². The molecule has 0 saturated carbocycles. The second kappa shape index (κ2) is 7.41. The van der Waals surface area contributed by atoms with E-state index >= 15 is 0 Å². The van der Waals surface area contributed by atoms with Crippen molar-refractivity contribution in [3.05, 3.63) is 133 Å². The Kier molecular flexibility index (Phi) is 1.63. The predicted molar refractivity (Wildman–Crippen MR) is 157 cm³/mol. The molecule has 0 aliphatic rings. The van der Waals surface area contributed by atoms with Gasteiger partial charge in [0.25, 0.3) is 0 Å². The normalized spacial score (nSPS) is 20.4. The molecule has 0 nitrogen and oxygen atoms in total. The summed E-state index contributed by atoms with van der Waals surface area (Å²) >= 11 is 0. The van der Waals surface area contributed by atoms with Crippen molar-refractivity contribution in [2.24, 2.45) is 0 Å². The summed E-state index contributed by atoms with van der Waals surface area (Å²) in [5, 5.41) is -6.06. The van der Waals surface area contributed by atoms with Crippen LogP contribution in [0.15, 0.2) is 133 Å². The molecule has 166 valence electrons. The maximum absolute atomic E-state index is 9.64. The van der Waals surface area contributed by atoms with Crippen molar-refractivity contribution in [2.75, 3.05) is 0 Å². The van der Waals surface area contributed by atoms with Gasteiger partial charge in [0.1, 0.15) is 0 Å². The molecule has 0 spiro atoms. The lowest BCUT2D eigenvalue weighted by molar-refractivity contribution is 1.72. The molecule has 0 aliphatic carbocycles. The molecule has 0 aliphatic heterocycles. The summed E-state index contributed by atoms with van der Waals surface area (Å²) in [4.78, 5) is 0. The Balaban J connectivity index is 1.76. The SMILES string of the molecule is [2H]c1c(-c2c3c([2H])c([2H])c([2H])c([2H])c3c([2H])c3c2c([2H])c([2H])c2c([2H])c([2H])c([2H])c([2H])c23)c([2H])c2c([2H])c3c(c([2H])c([2H])c4c([2H])c([2H])c([2H])c([2H])c43)c([2H])c2c1[2H]. The zero-order valence-electron chi connectivity index (χ0n) is 40.0. The number of hydrogen-bond donors (Lipinski definition) is 0. The Morgan fingerprint density at radius 3 is 1.67 bits per heavy atom. The fraction of sp³-hybridized carbons (Fsp3) is 0. The average molecular weight is 477 g/mol. The molecule has 0 aromatic heterocycles. The molecule has 0 heterocycles. The average Bonchev–Trinajstić information content (AvgIpc) is 3.18.